The number of benzene rings is 1. The van der Waals surface area contributed by atoms with Crippen LogP contribution < -0.4 is 38.4 Å². The van der Waals surface area contributed by atoms with Crippen LogP contribution in [0.3, 0.4) is 0 Å². The molecular weight excluding hydrogens is 1200 g/mol. The Hall–Kier alpha value is -8.58. The summed E-state index contributed by atoms with van der Waals surface area (Å²) in [7, 11) is -3.32. The van der Waals surface area contributed by atoms with E-state index in [1.54, 1.807) is 45.0 Å². The molecule has 5 N–H and O–H groups in total. The zero-order valence-corrected chi connectivity index (χ0v) is 55.7. The normalized spacial score (nSPS) is 15.3. The molecule has 31 heteroatoms. The molecule has 0 saturated carbocycles. The summed E-state index contributed by atoms with van der Waals surface area (Å²) in [6.45, 7) is 25.4. The zero-order valence-electron chi connectivity index (χ0n) is 53.7. The largest absolute Gasteiger partial charge is 0.468 e. The predicted molar refractivity (Wildman–Crippen MR) is 335 cm³/mol. The number of amides is 5. The highest BCUT2D eigenvalue weighted by atomic mass is 28.4. The quantitative estimate of drug-likeness (QED) is 0.0268. The van der Waals surface area contributed by atoms with Gasteiger partial charge in [-0.3, -0.25) is 53.2 Å². The molecule has 0 unspecified atom stereocenters. The number of esters is 1. The number of rotatable bonds is 23. The van der Waals surface area contributed by atoms with Crippen LogP contribution in [-0.4, -0.2) is 172 Å². The third-order valence-corrected chi connectivity index (χ3v) is 24.6. The molecule has 5 amide bonds. The van der Waals surface area contributed by atoms with E-state index in [1.807, 2.05) is 0 Å². The molecule has 0 aliphatic carbocycles. The van der Waals surface area contributed by atoms with Crippen LogP contribution in [0.4, 0.5) is 15.4 Å². The highest BCUT2D eigenvalue weighted by Gasteiger charge is 2.47. The fourth-order valence-electron chi connectivity index (χ4n) is 8.39. The van der Waals surface area contributed by atoms with Crippen molar-refractivity contribution >= 4 is 69.5 Å². The summed E-state index contributed by atoms with van der Waals surface area (Å²) in [4.78, 5) is 149. The number of aryl methyl sites for hydroxylation is 1. The number of aromatic nitrogens is 8. The topological polar surface area (TPSA) is 354 Å². The first-order valence-electron chi connectivity index (χ1n) is 29.1. The highest BCUT2D eigenvalue weighted by molar-refractivity contribution is 6.74. The Labute approximate surface area is 522 Å². The molecule has 4 aromatic heterocycles. The van der Waals surface area contributed by atoms with Gasteiger partial charge in [0.25, 0.3) is 11.1 Å². The SMILES string of the molecule is COC(=O)CN(CCNC(=O)CN(CCNC(=O)OC(C)(C)C)C(=O)Cn1cc(C)c(=O)[nH]c1=O)C(=O)Cn1cnc2c(NC(=O)OCc3ccc(C#Cc4cn([C@H]5C[C@@H](O[Si](C)(C)C(C)(C)C)[C@@H](CO[Si](C)(C)C(C)(C)C)O5)c(=O)[nH]c4=O)cc3)ncnc21. The molecule has 29 nitrogen and oxygen atoms in total. The minimum Gasteiger partial charge on any atom is -0.468 e. The maximum Gasteiger partial charge on any atom is 0.413 e. The second-order valence-electron chi connectivity index (χ2n) is 25.7. The first kappa shape index (κ1) is 70.5. The van der Waals surface area contributed by atoms with E-state index < -0.39 is 119 Å². The van der Waals surface area contributed by atoms with Gasteiger partial charge in [0.15, 0.2) is 33.6 Å². The van der Waals surface area contributed by atoms with E-state index in [2.05, 4.69) is 120 Å². The average molecular weight is 1290 g/mol. The van der Waals surface area contributed by atoms with Gasteiger partial charge < -0.3 is 52.8 Å². The summed E-state index contributed by atoms with van der Waals surface area (Å²) in [6, 6.07) is 6.72. The van der Waals surface area contributed by atoms with Crippen molar-refractivity contribution in [2.24, 2.45) is 0 Å². The lowest BCUT2D eigenvalue weighted by molar-refractivity contribution is -0.147. The van der Waals surface area contributed by atoms with Gasteiger partial charge in [0.05, 0.1) is 32.7 Å². The fourth-order valence-corrected chi connectivity index (χ4v) is 10.8. The average Bonchev–Trinajstić information content (AvgIpc) is 1.72. The molecule has 1 aromatic carbocycles. The lowest BCUT2D eigenvalue weighted by Crippen LogP contribution is -2.48. The second-order valence-corrected chi connectivity index (χ2v) is 35.2. The van der Waals surface area contributed by atoms with E-state index in [4.69, 9.17) is 27.8 Å². The fraction of sp³-hybridized carbons (Fsp3) is 0.542. The number of methoxy groups -OCH3 is 1. The lowest BCUT2D eigenvalue weighted by atomic mass is 10.1. The number of hydrogen-bond donors (Lipinski definition) is 5. The van der Waals surface area contributed by atoms with Gasteiger partial charge in [0, 0.05) is 56.1 Å². The second kappa shape index (κ2) is 29.4. The van der Waals surface area contributed by atoms with Crippen molar-refractivity contribution in [1.82, 2.24) is 59.1 Å². The maximum absolute atomic E-state index is 13.8. The molecule has 488 valence electrons. The summed E-state index contributed by atoms with van der Waals surface area (Å²) in [5.41, 5.74) is -2.05. The van der Waals surface area contributed by atoms with Crippen LogP contribution in [0.5, 0.6) is 0 Å². The summed E-state index contributed by atoms with van der Waals surface area (Å²) in [5.74, 6) is 3.02. The van der Waals surface area contributed by atoms with Gasteiger partial charge in [-0.25, -0.2) is 34.1 Å². The Balaban J connectivity index is 1.05. The van der Waals surface area contributed by atoms with Gasteiger partial charge in [0.2, 0.25) is 17.7 Å². The minimum atomic E-state index is -2.29. The van der Waals surface area contributed by atoms with Gasteiger partial charge in [-0.15, -0.1) is 0 Å². The summed E-state index contributed by atoms with van der Waals surface area (Å²) < 4.78 is 39.2. The van der Waals surface area contributed by atoms with E-state index in [1.165, 1.54) is 34.8 Å². The van der Waals surface area contributed by atoms with Crippen LogP contribution in [0.2, 0.25) is 36.3 Å². The molecule has 1 saturated heterocycles. The highest BCUT2D eigenvalue weighted by Crippen LogP contribution is 2.42. The Morgan fingerprint density at radius 2 is 1.38 bits per heavy atom. The number of anilines is 1. The minimum absolute atomic E-state index is 0.0375. The van der Waals surface area contributed by atoms with Crippen molar-refractivity contribution in [3.05, 3.63) is 113 Å². The number of hydrogen-bond acceptors (Lipinski definition) is 19. The van der Waals surface area contributed by atoms with Crippen molar-refractivity contribution in [2.75, 3.05) is 58.3 Å². The first-order valence-corrected chi connectivity index (χ1v) is 35.0. The van der Waals surface area contributed by atoms with E-state index in [0.717, 1.165) is 27.8 Å². The van der Waals surface area contributed by atoms with Gasteiger partial charge >= 0.3 is 29.5 Å². The molecule has 1 fully saturated rings. The third-order valence-electron chi connectivity index (χ3n) is 15.6. The number of carbonyl (C=O) groups is 6. The van der Waals surface area contributed by atoms with Gasteiger partial charge in [-0.1, -0.05) is 65.5 Å². The Bertz CT molecular complexity index is 3750. The van der Waals surface area contributed by atoms with Crippen molar-refractivity contribution in [3.8, 4) is 11.8 Å². The molecule has 5 aromatic rings. The number of nitrogens with zero attached hydrogens (tertiary/aromatic N) is 8. The molecule has 0 bridgehead atoms. The summed E-state index contributed by atoms with van der Waals surface area (Å²) in [5, 5.41) is 7.54. The molecule has 0 spiro atoms. The number of fused-ring (bicyclic) bond motifs is 1. The standard InChI is InChI=1S/C59H83N13O16Si2/c1-37-27-70(53(79)66-51(37)77)30-44(74)68(25-23-61-55(81)87-57(2,3)4)29-43(73)60-22-24-69(32-47(76)83-11)45(75)31-71-36-64-48-49(62-35-63-50(48)71)65-56(82)84-33-39-18-16-38(17-19-39)20-21-40-28-72(54(80)67-52(40)78)46-26-41(88-90(14,15)59(8,9)10)42(86-46)34-85-89(12,13)58(5,6)7/h16-19,27-28,35-36,41-42,46H,22-26,29-34H2,1-15H3,(H,60,73)(H,61,81)(H,66,77,79)(H,67,78,80)(H,62,63,65,82)/t41-,42-,46-/m1/s1. The number of imidazole rings is 1. The first-order chi connectivity index (χ1) is 41.9. The van der Waals surface area contributed by atoms with Crippen LogP contribution in [0, 0.1) is 18.8 Å². The number of nitrogens with one attached hydrogen (secondary N) is 5. The summed E-state index contributed by atoms with van der Waals surface area (Å²) >= 11 is 0. The van der Waals surface area contributed by atoms with Crippen molar-refractivity contribution in [1.29, 1.82) is 0 Å². The van der Waals surface area contributed by atoms with E-state index >= 15 is 0 Å². The van der Waals surface area contributed by atoms with Crippen molar-refractivity contribution < 1.29 is 56.6 Å². The van der Waals surface area contributed by atoms with Crippen LogP contribution in [-0.2, 0) is 66.7 Å². The van der Waals surface area contributed by atoms with Gasteiger partial charge in [-0.2, -0.15) is 0 Å². The van der Waals surface area contributed by atoms with Crippen molar-refractivity contribution in [3.63, 3.8) is 0 Å². The third kappa shape index (κ3) is 19.5. The number of ether oxygens (including phenoxy) is 4. The predicted octanol–water partition coefficient (Wildman–Crippen LogP) is 3.85. The maximum atomic E-state index is 13.8. The molecular formula is C59H83N13O16Si2. The van der Waals surface area contributed by atoms with E-state index in [-0.39, 0.29) is 77.1 Å². The molecule has 0 radical (unpaired) electrons. The smallest absolute Gasteiger partial charge is 0.413 e. The van der Waals surface area contributed by atoms with Crippen LogP contribution in [0.1, 0.15) is 97.2 Å². The van der Waals surface area contributed by atoms with Crippen LogP contribution >= 0.6 is 0 Å². The zero-order chi connectivity index (χ0) is 66.7. The van der Waals surface area contributed by atoms with E-state index in [0.29, 0.717) is 24.2 Å². The van der Waals surface area contributed by atoms with Gasteiger partial charge in [0.1, 0.15) is 56.1 Å². The van der Waals surface area contributed by atoms with Gasteiger partial charge in [-0.05, 0) is 81.7 Å². The molecule has 5 heterocycles. The number of aromatic amines is 2. The number of carbonyl (C=O) groups excluding carboxylic acids is 6. The Morgan fingerprint density at radius 3 is 2.01 bits per heavy atom. The monoisotopic (exact) mass is 1290 g/mol. The van der Waals surface area contributed by atoms with Crippen LogP contribution in [0.15, 0.2) is 68.5 Å². The molecule has 1 aliphatic heterocycles. The van der Waals surface area contributed by atoms with Crippen molar-refractivity contribution in [2.45, 2.75) is 156 Å². The molecule has 3 atom stereocenters. The molecule has 1 aliphatic rings. The lowest BCUT2D eigenvalue weighted by Gasteiger charge is -2.40. The number of alkyl carbamates (subject to hydrolysis) is 1. The molecule has 6 rings (SSSR count). The summed E-state index contributed by atoms with van der Waals surface area (Å²) in [6.07, 6.45) is 2.15. The Kier molecular flexibility index (Phi) is 23.0. The molecule has 90 heavy (non-hydrogen) atoms. The Morgan fingerprint density at radius 1 is 0.756 bits per heavy atom. The van der Waals surface area contributed by atoms with Crippen LogP contribution in [0.25, 0.3) is 11.2 Å². The number of H-pyrrole nitrogens is 2. The van der Waals surface area contributed by atoms with E-state index in [9.17, 15) is 47.9 Å².